The van der Waals surface area contributed by atoms with Gasteiger partial charge in [0.05, 0.1) is 30.9 Å². The van der Waals surface area contributed by atoms with Gasteiger partial charge in [0.1, 0.15) is 12.4 Å². The molecular formula is C25H28F2N2O4. The number of carbonyl (C=O) groups is 1. The van der Waals surface area contributed by atoms with Gasteiger partial charge in [-0.15, -0.1) is 0 Å². The van der Waals surface area contributed by atoms with Crippen LogP contribution in [0.15, 0.2) is 42.6 Å². The summed E-state index contributed by atoms with van der Waals surface area (Å²) in [5, 5.41) is 9.99. The van der Waals surface area contributed by atoms with Crippen LogP contribution in [0, 0.1) is 6.92 Å². The first-order valence-electron chi connectivity index (χ1n) is 11.0. The lowest BCUT2D eigenvalue weighted by Gasteiger charge is -2.41. The topological polar surface area (TPSA) is 74.8 Å². The van der Waals surface area contributed by atoms with Gasteiger partial charge in [-0.05, 0) is 55.2 Å². The third kappa shape index (κ3) is 4.58. The number of ether oxygens (including phenoxy) is 2. The quantitative estimate of drug-likeness (QED) is 0.446. The lowest BCUT2D eigenvalue weighted by molar-refractivity contribution is -0.0582. The molecule has 1 aliphatic heterocycles. The molecule has 3 aromatic rings. The molecule has 0 bridgehead atoms. The number of nitrogens with zero attached hydrogens (tertiary/aromatic N) is 1. The van der Waals surface area contributed by atoms with E-state index in [9.17, 15) is 14.3 Å². The second-order valence-corrected chi connectivity index (χ2v) is 8.30. The van der Waals surface area contributed by atoms with Crippen LogP contribution in [0.25, 0.3) is 10.9 Å². The van der Waals surface area contributed by atoms with Crippen LogP contribution >= 0.6 is 0 Å². The molecule has 6 nitrogen and oxygen atoms in total. The van der Waals surface area contributed by atoms with Gasteiger partial charge in [-0.3, -0.25) is 4.90 Å². The fourth-order valence-corrected chi connectivity index (χ4v) is 4.74. The Morgan fingerprint density at radius 2 is 2.06 bits per heavy atom. The Hall–Kier alpha value is -2.97. The number of fused-ring (bicyclic) bond motifs is 1. The summed E-state index contributed by atoms with van der Waals surface area (Å²) in [5.41, 5.74) is 3.22. The molecule has 0 amide bonds. The number of halogens is 2. The standard InChI is InChI=1S/C25H28F2N2O4/c1-15-13-21(32-2)22(19-7-10-28-23(15)19)24(27)29-11-8-18(33-12-9-26)14-20(29)16-3-5-17(6-4-16)25(30)31/h3-7,10,13,18,20,24,28H,8-9,11-12,14H2,1-2H3,(H,30,31)/t18-,20+,24?/m1/s1. The molecule has 2 heterocycles. The number of carboxylic acid groups (broad SMARTS) is 1. The molecule has 1 saturated heterocycles. The Kier molecular flexibility index (Phi) is 6.95. The summed E-state index contributed by atoms with van der Waals surface area (Å²) < 4.78 is 40.3. The average Bonchev–Trinajstić information content (AvgIpc) is 3.32. The number of aromatic amines is 1. The highest BCUT2D eigenvalue weighted by molar-refractivity contribution is 5.88. The van der Waals surface area contributed by atoms with Crippen molar-refractivity contribution in [2.75, 3.05) is 26.9 Å². The highest BCUT2D eigenvalue weighted by atomic mass is 19.1. The molecule has 4 rings (SSSR count). The molecule has 1 aliphatic rings. The van der Waals surface area contributed by atoms with E-state index < -0.39 is 18.9 Å². The van der Waals surface area contributed by atoms with Crippen LogP contribution in [0.4, 0.5) is 8.78 Å². The molecule has 2 N–H and O–H groups in total. The summed E-state index contributed by atoms with van der Waals surface area (Å²) >= 11 is 0. The van der Waals surface area contributed by atoms with E-state index in [1.165, 1.54) is 19.2 Å². The van der Waals surface area contributed by atoms with Crippen LogP contribution in [0.3, 0.4) is 0 Å². The van der Waals surface area contributed by atoms with E-state index in [1.54, 1.807) is 23.2 Å². The Morgan fingerprint density at radius 3 is 2.73 bits per heavy atom. The minimum atomic E-state index is -1.47. The maximum absolute atomic E-state index is 16.4. The molecule has 33 heavy (non-hydrogen) atoms. The molecule has 2 aromatic carbocycles. The van der Waals surface area contributed by atoms with Gasteiger partial charge in [-0.1, -0.05) is 12.1 Å². The summed E-state index contributed by atoms with van der Waals surface area (Å²) in [4.78, 5) is 16.2. The number of benzene rings is 2. The molecular weight excluding hydrogens is 430 g/mol. The van der Waals surface area contributed by atoms with Gasteiger partial charge >= 0.3 is 5.97 Å². The molecule has 0 radical (unpaired) electrons. The van der Waals surface area contributed by atoms with Crippen molar-refractivity contribution in [3.8, 4) is 5.75 Å². The Bertz CT molecular complexity index is 1120. The van der Waals surface area contributed by atoms with Gasteiger partial charge in [0, 0.05) is 29.7 Å². The highest BCUT2D eigenvalue weighted by Gasteiger charge is 2.37. The number of methoxy groups -OCH3 is 1. The van der Waals surface area contributed by atoms with Gasteiger partial charge in [0.25, 0.3) is 0 Å². The number of nitrogens with one attached hydrogen (secondary N) is 1. The molecule has 176 valence electrons. The van der Waals surface area contributed by atoms with E-state index in [1.807, 2.05) is 19.1 Å². The van der Waals surface area contributed by atoms with E-state index in [0.29, 0.717) is 30.7 Å². The molecule has 1 aromatic heterocycles. The van der Waals surface area contributed by atoms with Crippen LogP contribution in [0.1, 0.15) is 52.2 Å². The van der Waals surface area contributed by atoms with Gasteiger partial charge < -0.3 is 19.6 Å². The predicted molar refractivity (Wildman–Crippen MR) is 121 cm³/mol. The number of H-pyrrole nitrogens is 1. The Labute approximate surface area is 191 Å². The number of piperidine rings is 1. The third-order valence-electron chi connectivity index (χ3n) is 6.36. The number of rotatable bonds is 8. The first-order chi connectivity index (χ1) is 15.9. The summed E-state index contributed by atoms with van der Waals surface area (Å²) in [7, 11) is 1.53. The fourth-order valence-electron chi connectivity index (χ4n) is 4.74. The molecule has 0 saturated carbocycles. The van der Waals surface area contributed by atoms with Crippen molar-refractivity contribution in [3.05, 3.63) is 64.8 Å². The van der Waals surface area contributed by atoms with Crippen LogP contribution < -0.4 is 4.74 Å². The number of carboxylic acids is 1. The number of aromatic nitrogens is 1. The SMILES string of the molecule is COc1cc(C)c2[nH]ccc2c1C(F)N1CC[C@@H](OCCF)C[C@H]1c1ccc(C(=O)O)cc1. The van der Waals surface area contributed by atoms with Crippen LogP contribution in [0.2, 0.25) is 0 Å². The second-order valence-electron chi connectivity index (χ2n) is 8.30. The van der Waals surface area contributed by atoms with E-state index in [0.717, 1.165) is 22.0 Å². The maximum Gasteiger partial charge on any atom is 0.335 e. The summed E-state index contributed by atoms with van der Waals surface area (Å²) in [6.07, 6.45) is 1.14. The molecule has 8 heteroatoms. The summed E-state index contributed by atoms with van der Waals surface area (Å²) in [6.45, 7) is 1.77. The van der Waals surface area contributed by atoms with Crippen molar-refractivity contribution in [1.29, 1.82) is 0 Å². The number of likely N-dealkylation sites (tertiary alicyclic amines) is 1. The highest BCUT2D eigenvalue weighted by Crippen LogP contribution is 2.44. The van der Waals surface area contributed by atoms with Crippen molar-refractivity contribution >= 4 is 16.9 Å². The molecule has 1 fully saturated rings. The molecule has 1 unspecified atom stereocenters. The first-order valence-corrected chi connectivity index (χ1v) is 11.0. The van der Waals surface area contributed by atoms with Crippen LogP contribution in [-0.2, 0) is 4.74 Å². The zero-order chi connectivity index (χ0) is 23.5. The molecule has 0 aliphatic carbocycles. The largest absolute Gasteiger partial charge is 0.496 e. The maximum atomic E-state index is 16.4. The minimum Gasteiger partial charge on any atom is -0.496 e. The first kappa shape index (κ1) is 23.2. The zero-order valence-electron chi connectivity index (χ0n) is 18.7. The van der Waals surface area contributed by atoms with Crippen LogP contribution in [0.5, 0.6) is 5.75 Å². The fraction of sp³-hybridized carbons (Fsp3) is 0.400. The van der Waals surface area contributed by atoms with Crippen molar-refractivity contribution in [1.82, 2.24) is 9.88 Å². The van der Waals surface area contributed by atoms with Crippen molar-refractivity contribution < 1.29 is 28.2 Å². The summed E-state index contributed by atoms with van der Waals surface area (Å²) in [5.74, 6) is -0.545. The number of alkyl halides is 2. The average molecular weight is 459 g/mol. The second kappa shape index (κ2) is 9.89. The van der Waals surface area contributed by atoms with Crippen molar-refractivity contribution in [2.24, 2.45) is 0 Å². The third-order valence-corrected chi connectivity index (χ3v) is 6.36. The Balaban J connectivity index is 1.72. The smallest absolute Gasteiger partial charge is 0.335 e. The summed E-state index contributed by atoms with van der Waals surface area (Å²) in [6, 6.07) is 9.77. The predicted octanol–water partition coefficient (Wildman–Crippen LogP) is 5.34. The van der Waals surface area contributed by atoms with E-state index >= 15 is 4.39 Å². The van der Waals surface area contributed by atoms with E-state index in [2.05, 4.69) is 4.98 Å². The van der Waals surface area contributed by atoms with Gasteiger partial charge in [0.2, 0.25) is 0 Å². The molecule has 0 spiro atoms. The van der Waals surface area contributed by atoms with Crippen LogP contribution in [-0.4, -0.2) is 54.0 Å². The number of hydrogen-bond donors (Lipinski definition) is 2. The van der Waals surface area contributed by atoms with Gasteiger partial charge in [-0.25, -0.2) is 13.6 Å². The van der Waals surface area contributed by atoms with E-state index in [4.69, 9.17) is 9.47 Å². The number of aromatic carboxylic acids is 1. The normalized spacial score (nSPS) is 20.1. The minimum absolute atomic E-state index is 0.00412. The zero-order valence-corrected chi connectivity index (χ0v) is 18.7. The van der Waals surface area contributed by atoms with Gasteiger partial charge in [0.15, 0.2) is 6.30 Å². The lowest BCUT2D eigenvalue weighted by Crippen LogP contribution is -2.41. The molecule has 3 atom stereocenters. The Morgan fingerprint density at radius 1 is 1.30 bits per heavy atom. The number of hydrogen-bond acceptors (Lipinski definition) is 4. The van der Waals surface area contributed by atoms with E-state index in [-0.39, 0.29) is 24.3 Å². The van der Waals surface area contributed by atoms with Gasteiger partial charge in [-0.2, -0.15) is 0 Å². The lowest BCUT2D eigenvalue weighted by atomic mass is 9.91. The number of aryl methyl sites for hydroxylation is 1. The monoisotopic (exact) mass is 458 g/mol. The van der Waals surface area contributed by atoms with Crippen molar-refractivity contribution in [3.63, 3.8) is 0 Å². The van der Waals surface area contributed by atoms with Crippen molar-refractivity contribution in [2.45, 2.75) is 38.2 Å².